The van der Waals surface area contributed by atoms with Crippen LogP contribution in [0.15, 0.2) is 0 Å². The number of nitrogens with zero attached hydrogens (tertiary/aromatic N) is 1. The lowest BCUT2D eigenvalue weighted by Crippen LogP contribution is -2.45. The van der Waals surface area contributed by atoms with E-state index in [0.717, 1.165) is 6.42 Å². The minimum Gasteiger partial charge on any atom is -0.345 e. The molecule has 0 aliphatic heterocycles. The van der Waals surface area contributed by atoms with Gasteiger partial charge in [0.15, 0.2) is 0 Å². The predicted octanol–water partition coefficient (Wildman–Crippen LogP) is 2.50. The summed E-state index contributed by atoms with van der Waals surface area (Å²) in [4.78, 5) is 14.2. The van der Waals surface area contributed by atoms with E-state index in [1.807, 2.05) is 25.8 Å². The molecular weight excluding hydrogens is 212 g/mol. The van der Waals surface area contributed by atoms with Crippen LogP contribution < -0.4 is 5.73 Å². The topological polar surface area (TPSA) is 46.3 Å². The maximum atomic E-state index is 12.4. The van der Waals surface area contributed by atoms with Gasteiger partial charge in [0, 0.05) is 19.0 Å². The van der Waals surface area contributed by atoms with Crippen molar-refractivity contribution in [1.29, 1.82) is 0 Å². The van der Waals surface area contributed by atoms with Gasteiger partial charge >= 0.3 is 0 Å². The van der Waals surface area contributed by atoms with Gasteiger partial charge < -0.3 is 10.6 Å². The number of hydrogen-bond acceptors (Lipinski definition) is 2. The minimum atomic E-state index is -0.284. The van der Waals surface area contributed by atoms with E-state index in [1.165, 1.54) is 0 Å². The zero-order valence-corrected chi connectivity index (χ0v) is 12.6. The van der Waals surface area contributed by atoms with Crippen molar-refractivity contribution in [2.75, 3.05) is 20.1 Å². The van der Waals surface area contributed by atoms with E-state index in [0.29, 0.717) is 19.0 Å². The number of amides is 1. The van der Waals surface area contributed by atoms with Gasteiger partial charge in [-0.25, -0.2) is 0 Å². The second-order valence-corrected chi connectivity index (χ2v) is 7.01. The van der Waals surface area contributed by atoms with Crippen LogP contribution in [0.25, 0.3) is 0 Å². The van der Waals surface area contributed by atoms with Gasteiger partial charge in [0.2, 0.25) is 5.91 Å². The fraction of sp³-hybridized carbons (Fsp3) is 0.929. The van der Waals surface area contributed by atoms with Crippen molar-refractivity contribution in [2.24, 2.45) is 22.5 Å². The average Bonchev–Trinajstić information content (AvgIpc) is 2.14. The zero-order chi connectivity index (χ0) is 13.9. The third-order valence-electron chi connectivity index (χ3n) is 3.06. The first-order chi connectivity index (χ1) is 7.52. The Morgan fingerprint density at radius 1 is 1.24 bits per heavy atom. The van der Waals surface area contributed by atoms with Crippen LogP contribution >= 0.6 is 0 Å². The van der Waals surface area contributed by atoms with E-state index >= 15 is 0 Å². The van der Waals surface area contributed by atoms with E-state index in [2.05, 4.69) is 27.7 Å². The van der Waals surface area contributed by atoms with Crippen LogP contribution in [0.3, 0.4) is 0 Å². The Labute approximate surface area is 107 Å². The SMILES string of the molecule is CC(C)CC(C)(C)C(=O)N(C)CC(C)(C)CN. The standard InChI is InChI=1S/C14H30N2O/c1-11(2)8-14(5,6)12(17)16(7)10-13(3,4)9-15/h11H,8-10,15H2,1-7H3. The summed E-state index contributed by atoms with van der Waals surface area (Å²) in [5.74, 6) is 0.748. The number of carbonyl (C=O) groups is 1. The largest absolute Gasteiger partial charge is 0.345 e. The molecule has 0 saturated carbocycles. The molecule has 0 aromatic heterocycles. The molecule has 2 N–H and O–H groups in total. The molecule has 0 fully saturated rings. The van der Waals surface area contributed by atoms with E-state index < -0.39 is 0 Å². The van der Waals surface area contributed by atoms with E-state index in [1.54, 1.807) is 0 Å². The van der Waals surface area contributed by atoms with E-state index in [4.69, 9.17) is 5.73 Å². The van der Waals surface area contributed by atoms with Crippen molar-refractivity contribution in [3.05, 3.63) is 0 Å². The second-order valence-electron chi connectivity index (χ2n) is 7.01. The Morgan fingerprint density at radius 2 is 1.71 bits per heavy atom. The van der Waals surface area contributed by atoms with E-state index in [9.17, 15) is 4.79 Å². The van der Waals surface area contributed by atoms with Crippen molar-refractivity contribution in [2.45, 2.75) is 48.0 Å². The van der Waals surface area contributed by atoms with Crippen molar-refractivity contribution >= 4 is 5.91 Å². The highest BCUT2D eigenvalue weighted by atomic mass is 16.2. The van der Waals surface area contributed by atoms with Crippen molar-refractivity contribution in [3.63, 3.8) is 0 Å². The molecule has 0 spiro atoms. The van der Waals surface area contributed by atoms with Crippen molar-refractivity contribution in [3.8, 4) is 0 Å². The summed E-state index contributed by atoms with van der Waals surface area (Å²) < 4.78 is 0. The highest BCUT2D eigenvalue weighted by Gasteiger charge is 2.33. The zero-order valence-electron chi connectivity index (χ0n) is 12.6. The first kappa shape index (κ1) is 16.4. The Morgan fingerprint density at radius 3 is 2.06 bits per heavy atom. The van der Waals surface area contributed by atoms with Crippen LogP contribution in [0.1, 0.15) is 48.0 Å². The van der Waals surface area contributed by atoms with Crippen molar-refractivity contribution in [1.82, 2.24) is 4.90 Å². The molecule has 0 radical (unpaired) electrons. The molecule has 0 saturated heterocycles. The smallest absolute Gasteiger partial charge is 0.227 e. The van der Waals surface area contributed by atoms with Crippen molar-refractivity contribution < 1.29 is 4.79 Å². The number of nitrogens with two attached hydrogens (primary N) is 1. The van der Waals surface area contributed by atoms with Gasteiger partial charge in [-0.1, -0.05) is 41.5 Å². The van der Waals surface area contributed by atoms with E-state index in [-0.39, 0.29) is 16.7 Å². The van der Waals surface area contributed by atoms with Crippen LogP contribution in [-0.4, -0.2) is 30.9 Å². The summed E-state index contributed by atoms with van der Waals surface area (Å²) in [5, 5.41) is 0. The van der Waals surface area contributed by atoms with Crippen LogP contribution in [-0.2, 0) is 4.79 Å². The molecule has 0 unspecified atom stereocenters. The molecule has 0 atom stereocenters. The molecular formula is C14H30N2O. The molecule has 17 heavy (non-hydrogen) atoms. The lowest BCUT2D eigenvalue weighted by atomic mass is 9.82. The summed E-state index contributed by atoms with van der Waals surface area (Å²) in [6.45, 7) is 13.8. The summed E-state index contributed by atoms with van der Waals surface area (Å²) in [5.41, 5.74) is 5.41. The molecule has 3 nitrogen and oxygen atoms in total. The highest BCUT2D eigenvalue weighted by Crippen LogP contribution is 2.28. The summed E-state index contributed by atoms with van der Waals surface area (Å²) in [6, 6.07) is 0. The van der Waals surface area contributed by atoms with Gasteiger partial charge in [-0.3, -0.25) is 4.79 Å². The third-order valence-corrected chi connectivity index (χ3v) is 3.06. The predicted molar refractivity (Wildman–Crippen MR) is 73.7 cm³/mol. The maximum Gasteiger partial charge on any atom is 0.227 e. The molecule has 0 aliphatic carbocycles. The molecule has 0 aromatic carbocycles. The minimum absolute atomic E-state index is 0.0156. The average molecular weight is 242 g/mol. The molecule has 0 aromatic rings. The number of hydrogen-bond donors (Lipinski definition) is 1. The first-order valence-corrected chi connectivity index (χ1v) is 6.47. The molecule has 0 bridgehead atoms. The van der Waals surface area contributed by atoms with Gasteiger partial charge in [-0.2, -0.15) is 0 Å². The Hall–Kier alpha value is -0.570. The number of rotatable bonds is 6. The normalized spacial score (nSPS) is 13.0. The van der Waals surface area contributed by atoms with Gasteiger partial charge in [0.05, 0.1) is 0 Å². The fourth-order valence-electron chi connectivity index (χ4n) is 2.40. The van der Waals surface area contributed by atoms with Gasteiger partial charge in [-0.15, -0.1) is 0 Å². The van der Waals surface area contributed by atoms with Crippen LogP contribution in [0.4, 0.5) is 0 Å². The molecule has 0 heterocycles. The monoisotopic (exact) mass is 242 g/mol. The molecule has 0 rings (SSSR count). The first-order valence-electron chi connectivity index (χ1n) is 6.47. The summed E-state index contributed by atoms with van der Waals surface area (Å²) in [7, 11) is 1.88. The lowest BCUT2D eigenvalue weighted by molar-refractivity contribution is -0.141. The van der Waals surface area contributed by atoms with Crippen LogP contribution in [0.5, 0.6) is 0 Å². The third kappa shape index (κ3) is 5.53. The maximum absolute atomic E-state index is 12.4. The van der Waals surface area contributed by atoms with Gasteiger partial charge in [0.1, 0.15) is 0 Å². The Balaban J connectivity index is 4.59. The quantitative estimate of drug-likeness (QED) is 0.778. The lowest BCUT2D eigenvalue weighted by Gasteiger charge is -2.35. The van der Waals surface area contributed by atoms with Crippen LogP contribution in [0, 0.1) is 16.7 Å². The Kier molecular flexibility index (Phi) is 5.66. The fourth-order valence-corrected chi connectivity index (χ4v) is 2.40. The highest BCUT2D eigenvalue weighted by molar-refractivity contribution is 5.81. The number of carbonyl (C=O) groups excluding carboxylic acids is 1. The second kappa shape index (κ2) is 5.85. The molecule has 3 heteroatoms. The van der Waals surface area contributed by atoms with Crippen LogP contribution in [0.2, 0.25) is 0 Å². The van der Waals surface area contributed by atoms with Gasteiger partial charge in [-0.05, 0) is 24.3 Å². The summed E-state index contributed by atoms with van der Waals surface area (Å²) >= 11 is 0. The molecule has 0 aliphatic rings. The molecule has 1 amide bonds. The molecule has 102 valence electrons. The Bertz CT molecular complexity index is 257. The van der Waals surface area contributed by atoms with Gasteiger partial charge in [0.25, 0.3) is 0 Å². The summed E-state index contributed by atoms with van der Waals surface area (Å²) in [6.07, 6.45) is 0.916.